The van der Waals surface area contributed by atoms with E-state index in [2.05, 4.69) is 10.3 Å². The van der Waals surface area contributed by atoms with Crippen molar-refractivity contribution in [1.29, 1.82) is 0 Å². The molecule has 0 saturated heterocycles. The lowest BCUT2D eigenvalue weighted by atomic mass is 10.1. The average Bonchev–Trinajstić information content (AvgIpc) is 3.10. The minimum atomic E-state index is -3.45. The van der Waals surface area contributed by atoms with Gasteiger partial charge in [-0.2, -0.15) is 0 Å². The van der Waals surface area contributed by atoms with Crippen LogP contribution in [0.1, 0.15) is 31.4 Å². The number of aromatic nitrogens is 1. The molecule has 2 aromatic rings. The first-order valence-electron chi connectivity index (χ1n) is 7.60. The Morgan fingerprint density at radius 2 is 2.17 bits per heavy atom. The largest absolute Gasteiger partial charge is 0.350 e. The van der Waals surface area contributed by atoms with Crippen molar-refractivity contribution in [1.82, 2.24) is 14.6 Å². The van der Waals surface area contributed by atoms with Crippen molar-refractivity contribution in [3.63, 3.8) is 0 Å². The number of nitrogens with zero attached hydrogens (tertiary/aromatic N) is 2. The minimum Gasteiger partial charge on any atom is -0.350 e. The van der Waals surface area contributed by atoms with Gasteiger partial charge in [0.1, 0.15) is 4.21 Å². The van der Waals surface area contributed by atoms with Gasteiger partial charge in [0.25, 0.3) is 10.0 Å². The van der Waals surface area contributed by atoms with Crippen molar-refractivity contribution >= 4 is 27.3 Å². The zero-order chi connectivity index (χ0) is 17.6. The fraction of sp³-hybridized carbons (Fsp3) is 0.375. The molecular formula is C16H21N3O3S2. The summed E-state index contributed by atoms with van der Waals surface area (Å²) >= 11 is 1.19. The monoisotopic (exact) mass is 367 g/mol. The maximum Gasteiger partial charge on any atom is 0.252 e. The molecule has 130 valence electrons. The maximum absolute atomic E-state index is 12.3. The highest BCUT2D eigenvalue weighted by Gasteiger charge is 2.21. The average molecular weight is 367 g/mol. The normalized spacial score (nSPS) is 13.0. The Labute approximate surface area is 146 Å². The van der Waals surface area contributed by atoms with Gasteiger partial charge in [-0.15, -0.1) is 11.3 Å². The van der Waals surface area contributed by atoms with Crippen LogP contribution in [0.2, 0.25) is 0 Å². The molecule has 2 rings (SSSR count). The van der Waals surface area contributed by atoms with Gasteiger partial charge < -0.3 is 5.32 Å². The quantitative estimate of drug-likeness (QED) is 0.777. The van der Waals surface area contributed by atoms with E-state index in [4.69, 9.17) is 0 Å². The number of thiophene rings is 1. The van der Waals surface area contributed by atoms with Crippen LogP contribution in [0.25, 0.3) is 0 Å². The number of carbonyl (C=O) groups excluding carboxylic acids is 1. The molecule has 1 atom stereocenters. The number of nitrogens with one attached hydrogen (secondary N) is 1. The molecule has 0 fully saturated rings. The number of rotatable bonds is 8. The highest BCUT2D eigenvalue weighted by Crippen LogP contribution is 2.20. The highest BCUT2D eigenvalue weighted by atomic mass is 32.2. The molecule has 1 amide bonds. The standard InChI is InChI=1S/C16H21N3O3S2/c1-13(14-6-3-9-17-12-14)18-15(20)7-4-10-19(2)24(21,22)16-8-5-11-23-16/h3,5-6,8-9,11-13H,4,7,10H2,1-2H3,(H,18,20). The van der Waals surface area contributed by atoms with E-state index >= 15 is 0 Å². The summed E-state index contributed by atoms with van der Waals surface area (Å²) in [6, 6.07) is 6.89. The predicted molar refractivity (Wildman–Crippen MR) is 94.2 cm³/mol. The molecule has 24 heavy (non-hydrogen) atoms. The predicted octanol–water partition coefficient (Wildman–Crippen LogP) is 2.42. The Hall–Kier alpha value is -1.77. The third-order valence-electron chi connectivity index (χ3n) is 3.60. The van der Waals surface area contributed by atoms with Gasteiger partial charge in [0, 0.05) is 32.4 Å². The Morgan fingerprint density at radius 3 is 2.79 bits per heavy atom. The third kappa shape index (κ3) is 4.86. The number of hydrogen-bond acceptors (Lipinski definition) is 5. The van der Waals surface area contributed by atoms with Crippen LogP contribution in [0, 0.1) is 0 Å². The van der Waals surface area contributed by atoms with Crippen molar-refractivity contribution in [2.75, 3.05) is 13.6 Å². The van der Waals surface area contributed by atoms with Gasteiger partial charge >= 0.3 is 0 Å². The van der Waals surface area contributed by atoms with E-state index in [-0.39, 0.29) is 18.4 Å². The van der Waals surface area contributed by atoms with Crippen molar-refractivity contribution in [3.8, 4) is 0 Å². The molecule has 1 N–H and O–H groups in total. The molecule has 8 heteroatoms. The summed E-state index contributed by atoms with van der Waals surface area (Å²) in [6.07, 6.45) is 4.13. The second-order valence-corrected chi connectivity index (χ2v) is 8.66. The second-order valence-electron chi connectivity index (χ2n) is 5.44. The number of hydrogen-bond donors (Lipinski definition) is 1. The highest BCUT2D eigenvalue weighted by molar-refractivity contribution is 7.91. The van der Waals surface area contributed by atoms with E-state index in [1.165, 1.54) is 22.7 Å². The van der Waals surface area contributed by atoms with Crippen LogP contribution in [-0.4, -0.2) is 37.2 Å². The second kappa shape index (κ2) is 8.36. The van der Waals surface area contributed by atoms with Crippen molar-refractivity contribution < 1.29 is 13.2 Å². The van der Waals surface area contributed by atoms with E-state index in [0.717, 1.165) is 5.56 Å². The van der Waals surface area contributed by atoms with Gasteiger partial charge in [-0.3, -0.25) is 9.78 Å². The zero-order valence-corrected chi connectivity index (χ0v) is 15.3. The van der Waals surface area contributed by atoms with E-state index in [1.807, 2.05) is 19.1 Å². The number of carbonyl (C=O) groups is 1. The summed E-state index contributed by atoms with van der Waals surface area (Å²) in [4.78, 5) is 16.0. The van der Waals surface area contributed by atoms with Gasteiger partial charge in [-0.05, 0) is 36.4 Å². The van der Waals surface area contributed by atoms with Crippen LogP contribution >= 0.6 is 11.3 Å². The lowest BCUT2D eigenvalue weighted by Gasteiger charge is -2.17. The molecule has 0 aromatic carbocycles. The fourth-order valence-electron chi connectivity index (χ4n) is 2.18. The summed E-state index contributed by atoms with van der Waals surface area (Å²) in [5, 5.41) is 4.62. The van der Waals surface area contributed by atoms with Crippen LogP contribution in [0.3, 0.4) is 0 Å². The van der Waals surface area contributed by atoms with E-state index < -0.39 is 10.0 Å². The lowest BCUT2D eigenvalue weighted by molar-refractivity contribution is -0.121. The number of sulfonamides is 1. The van der Waals surface area contributed by atoms with E-state index in [0.29, 0.717) is 17.2 Å². The molecule has 0 spiro atoms. The topological polar surface area (TPSA) is 79.4 Å². The van der Waals surface area contributed by atoms with Gasteiger partial charge in [-0.25, -0.2) is 12.7 Å². The van der Waals surface area contributed by atoms with Gasteiger partial charge in [0.2, 0.25) is 5.91 Å². The summed E-state index contributed by atoms with van der Waals surface area (Å²) in [7, 11) is -1.91. The summed E-state index contributed by atoms with van der Waals surface area (Å²) in [5.41, 5.74) is 0.934. The van der Waals surface area contributed by atoms with Crippen LogP contribution in [0.4, 0.5) is 0 Å². The van der Waals surface area contributed by atoms with Gasteiger partial charge in [0.05, 0.1) is 6.04 Å². The molecule has 0 radical (unpaired) electrons. The Bertz CT molecular complexity index is 746. The summed E-state index contributed by atoms with van der Waals surface area (Å²) in [5.74, 6) is -0.103. The molecule has 0 aliphatic rings. The molecule has 0 bridgehead atoms. The van der Waals surface area contributed by atoms with Crippen LogP contribution in [-0.2, 0) is 14.8 Å². The first-order valence-corrected chi connectivity index (χ1v) is 9.92. The van der Waals surface area contributed by atoms with E-state index in [9.17, 15) is 13.2 Å². The van der Waals surface area contributed by atoms with Gasteiger partial charge in [-0.1, -0.05) is 12.1 Å². The molecule has 2 aromatic heterocycles. The lowest BCUT2D eigenvalue weighted by Crippen LogP contribution is -2.30. The smallest absolute Gasteiger partial charge is 0.252 e. The minimum absolute atomic E-state index is 0.103. The third-order valence-corrected chi connectivity index (χ3v) is 6.83. The summed E-state index contributed by atoms with van der Waals surface area (Å²) < 4.78 is 26.1. The van der Waals surface area contributed by atoms with Crippen LogP contribution in [0.15, 0.2) is 46.2 Å². The Balaban J connectivity index is 1.78. The van der Waals surface area contributed by atoms with Gasteiger partial charge in [0.15, 0.2) is 0 Å². The number of pyridine rings is 1. The Kier molecular flexibility index (Phi) is 6.47. The molecule has 0 saturated carbocycles. The molecule has 6 nitrogen and oxygen atoms in total. The maximum atomic E-state index is 12.3. The number of amides is 1. The van der Waals surface area contributed by atoms with Crippen molar-refractivity contribution in [2.45, 2.75) is 30.0 Å². The van der Waals surface area contributed by atoms with Crippen LogP contribution < -0.4 is 5.32 Å². The van der Waals surface area contributed by atoms with Crippen molar-refractivity contribution in [2.24, 2.45) is 0 Å². The molecular weight excluding hydrogens is 346 g/mol. The fourth-order valence-corrected chi connectivity index (χ4v) is 4.59. The molecule has 1 unspecified atom stereocenters. The zero-order valence-electron chi connectivity index (χ0n) is 13.7. The Morgan fingerprint density at radius 1 is 1.38 bits per heavy atom. The van der Waals surface area contributed by atoms with E-state index in [1.54, 1.807) is 29.9 Å². The first-order chi connectivity index (χ1) is 11.4. The van der Waals surface area contributed by atoms with Crippen molar-refractivity contribution in [3.05, 3.63) is 47.6 Å². The molecule has 0 aliphatic carbocycles. The molecule has 0 aliphatic heterocycles. The summed E-state index contributed by atoms with van der Waals surface area (Å²) in [6.45, 7) is 2.19. The van der Waals surface area contributed by atoms with Crippen LogP contribution in [0.5, 0.6) is 0 Å². The first kappa shape index (κ1) is 18.6. The SMILES string of the molecule is CC(NC(=O)CCCN(C)S(=O)(=O)c1cccs1)c1cccnc1. The molecule has 2 heterocycles.